The SMILES string of the molecule is C[C@@H]1CCCCN1CC#CC(O)(c1ccccc1)c1ccccc1. The molecule has 0 amide bonds. The molecule has 1 saturated heterocycles. The Morgan fingerprint density at radius 3 is 2.12 bits per heavy atom. The Kier molecular flexibility index (Phi) is 5.35. The van der Waals surface area contributed by atoms with Crippen LogP contribution in [-0.4, -0.2) is 29.1 Å². The smallest absolute Gasteiger partial charge is 0.176 e. The van der Waals surface area contributed by atoms with Gasteiger partial charge in [0.2, 0.25) is 0 Å². The molecule has 1 aliphatic heterocycles. The molecular formula is C22H25NO. The second-order valence-corrected chi connectivity index (χ2v) is 6.56. The van der Waals surface area contributed by atoms with Crippen LogP contribution in [0, 0.1) is 11.8 Å². The molecule has 0 bridgehead atoms. The molecule has 124 valence electrons. The Balaban J connectivity index is 1.88. The zero-order chi connectivity index (χ0) is 16.8. The average molecular weight is 319 g/mol. The van der Waals surface area contributed by atoms with Crippen LogP contribution in [0.3, 0.4) is 0 Å². The molecule has 0 aromatic heterocycles. The number of nitrogens with zero attached hydrogens (tertiary/aromatic N) is 1. The van der Waals surface area contributed by atoms with Crippen molar-refractivity contribution in [3.05, 3.63) is 71.8 Å². The molecule has 1 aliphatic rings. The molecule has 0 saturated carbocycles. The molecule has 0 spiro atoms. The monoisotopic (exact) mass is 319 g/mol. The van der Waals surface area contributed by atoms with E-state index in [9.17, 15) is 5.11 Å². The summed E-state index contributed by atoms with van der Waals surface area (Å²) < 4.78 is 0. The van der Waals surface area contributed by atoms with E-state index in [-0.39, 0.29) is 0 Å². The summed E-state index contributed by atoms with van der Waals surface area (Å²) in [5, 5.41) is 11.4. The van der Waals surface area contributed by atoms with Gasteiger partial charge in [-0.2, -0.15) is 0 Å². The van der Waals surface area contributed by atoms with E-state index in [1.165, 1.54) is 19.3 Å². The van der Waals surface area contributed by atoms with Crippen LogP contribution in [0.15, 0.2) is 60.7 Å². The molecule has 1 N–H and O–H groups in total. The van der Waals surface area contributed by atoms with Crippen LogP contribution in [0.5, 0.6) is 0 Å². The highest BCUT2D eigenvalue weighted by molar-refractivity contribution is 5.44. The lowest BCUT2D eigenvalue weighted by Crippen LogP contribution is -2.37. The van der Waals surface area contributed by atoms with E-state index in [1.807, 2.05) is 60.7 Å². The van der Waals surface area contributed by atoms with Crippen molar-refractivity contribution in [1.29, 1.82) is 0 Å². The Labute approximate surface area is 145 Å². The van der Waals surface area contributed by atoms with Crippen molar-refractivity contribution in [3.8, 4) is 11.8 Å². The minimum atomic E-state index is -1.26. The number of hydrogen-bond acceptors (Lipinski definition) is 2. The topological polar surface area (TPSA) is 23.5 Å². The first-order valence-electron chi connectivity index (χ1n) is 8.77. The van der Waals surface area contributed by atoms with E-state index in [4.69, 9.17) is 0 Å². The summed E-state index contributed by atoms with van der Waals surface area (Å²) in [6, 6.07) is 20.0. The van der Waals surface area contributed by atoms with Crippen LogP contribution >= 0.6 is 0 Å². The van der Waals surface area contributed by atoms with E-state index in [2.05, 4.69) is 23.7 Å². The minimum Gasteiger partial charge on any atom is -0.369 e. The highest BCUT2D eigenvalue weighted by Crippen LogP contribution is 2.28. The maximum absolute atomic E-state index is 11.4. The molecular weight excluding hydrogens is 294 g/mol. The van der Waals surface area contributed by atoms with Gasteiger partial charge in [-0.15, -0.1) is 0 Å². The fourth-order valence-electron chi connectivity index (χ4n) is 3.33. The van der Waals surface area contributed by atoms with Gasteiger partial charge in [0.25, 0.3) is 0 Å². The average Bonchev–Trinajstić information content (AvgIpc) is 2.64. The highest BCUT2D eigenvalue weighted by Gasteiger charge is 2.29. The maximum atomic E-state index is 11.4. The molecule has 2 aromatic carbocycles. The fourth-order valence-corrected chi connectivity index (χ4v) is 3.33. The van der Waals surface area contributed by atoms with Gasteiger partial charge in [-0.3, -0.25) is 4.90 Å². The third-order valence-electron chi connectivity index (χ3n) is 4.88. The van der Waals surface area contributed by atoms with Gasteiger partial charge >= 0.3 is 0 Å². The van der Waals surface area contributed by atoms with Crippen molar-refractivity contribution in [2.75, 3.05) is 13.1 Å². The lowest BCUT2D eigenvalue weighted by Gasteiger charge is -2.31. The van der Waals surface area contributed by atoms with Crippen molar-refractivity contribution in [2.24, 2.45) is 0 Å². The summed E-state index contributed by atoms with van der Waals surface area (Å²) in [7, 11) is 0. The van der Waals surface area contributed by atoms with Gasteiger partial charge in [-0.05, 0) is 26.3 Å². The van der Waals surface area contributed by atoms with Gasteiger partial charge in [0.1, 0.15) is 0 Å². The normalized spacial score (nSPS) is 18.7. The number of hydrogen-bond donors (Lipinski definition) is 1. The quantitative estimate of drug-likeness (QED) is 0.870. The number of rotatable bonds is 3. The third kappa shape index (κ3) is 3.70. The fraction of sp³-hybridized carbons (Fsp3) is 0.364. The van der Waals surface area contributed by atoms with Crippen molar-refractivity contribution >= 4 is 0 Å². The summed E-state index contributed by atoms with van der Waals surface area (Å²) >= 11 is 0. The number of aliphatic hydroxyl groups is 1. The summed E-state index contributed by atoms with van der Waals surface area (Å²) in [5.41, 5.74) is 0.368. The molecule has 24 heavy (non-hydrogen) atoms. The lowest BCUT2D eigenvalue weighted by molar-refractivity contribution is 0.144. The summed E-state index contributed by atoms with van der Waals surface area (Å²) in [6.07, 6.45) is 3.79. The first-order valence-corrected chi connectivity index (χ1v) is 8.77. The largest absolute Gasteiger partial charge is 0.369 e. The van der Waals surface area contributed by atoms with Crippen LogP contribution in [0.2, 0.25) is 0 Å². The van der Waals surface area contributed by atoms with Gasteiger partial charge < -0.3 is 5.11 Å². The molecule has 1 heterocycles. The zero-order valence-electron chi connectivity index (χ0n) is 14.3. The zero-order valence-corrected chi connectivity index (χ0v) is 14.3. The van der Waals surface area contributed by atoms with E-state index < -0.39 is 5.60 Å². The predicted molar refractivity (Wildman–Crippen MR) is 98.5 cm³/mol. The van der Waals surface area contributed by atoms with Crippen molar-refractivity contribution in [2.45, 2.75) is 37.8 Å². The molecule has 0 unspecified atom stereocenters. The molecule has 2 nitrogen and oxygen atoms in total. The van der Waals surface area contributed by atoms with Crippen LogP contribution in [0.25, 0.3) is 0 Å². The van der Waals surface area contributed by atoms with E-state index >= 15 is 0 Å². The standard InChI is InChI=1S/C22H25NO/c1-19-11-8-9-17-23(19)18-10-16-22(24,20-12-4-2-5-13-20)21-14-6-3-7-15-21/h2-7,12-15,19,24H,8-9,11,17-18H2,1H3/t19-/m1/s1. The lowest BCUT2D eigenvalue weighted by atomic mass is 9.87. The van der Waals surface area contributed by atoms with Crippen molar-refractivity contribution in [1.82, 2.24) is 4.90 Å². The Bertz CT molecular complexity index is 659. The van der Waals surface area contributed by atoms with Crippen molar-refractivity contribution in [3.63, 3.8) is 0 Å². The van der Waals surface area contributed by atoms with Gasteiger partial charge in [-0.25, -0.2) is 0 Å². The van der Waals surface area contributed by atoms with Gasteiger partial charge in [-0.1, -0.05) is 78.9 Å². The van der Waals surface area contributed by atoms with Crippen LogP contribution in [0.4, 0.5) is 0 Å². The Morgan fingerprint density at radius 2 is 1.58 bits per heavy atom. The minimum absolute atomic E-state index is 0.578. The molecule has 1 atom stereocenters. The number of likely N-dealkylation sites (tertiary alicyclic amines) is 1. The van der Waals surface area contributed by atoms with Crippen LogP contribution in [-0.2, 0) is 5.60 Å². The molecule has 3 rings (SSSR count). The first-order chi connectivity index (χ1) is 11.7. The predicted octanol–water partition coefficient (Wildman–Crippen LogP) is 3.80. The second-order valence-electron chi connectivity index (χ2n) is 6.56. The Hall–Kier alpha value is -2.08. The van der Waals surface area contributed by atoms with E-state index in [0.29, 0.717) is 12.6 Å². The summed E-state index contributed by atoms with van der Waals surface area (Å²) in [6.45, 7) is 4.08. The van der Waals surface area contributed by atoms with E-state index in [0.717, 1.165) is 17.7 Å². The number of benzene rings is 2. The van der Waals surface area contributed by atoms with Gasteiger partial charge in [0.15, 0.2) is 5.60 Å². The van der Waals surface area contributed by atoms with Crippen LogP contribution < -0.4 is 0 Å². The second kappa shape index (κ2) is 7.66. The Morgan fingerprint density at radius 1 is 1.00 bits per heavy atom. The summed E-state index contributed by atoms with van der Waals surface area (Å²) in [4.78, 5) is 2.41. The molecule has 0 aliphatic carbocycles. The van der Waals surface area contributed by atoms with Crippen molar-refractivity contribution < 1.29 is 5.11 Å². The van der Waals surface area contributed by atoms with Crippen LogP contribution in [0.1, 0.15) is 37.3 Å². The molecule has 2 heteroatoms. The number of piperidine rings is 1. The molecule has 0 radical (unpaired) electrons. The molecule has 2 aromatic rings. The van der Waals surface area contributed by atoms with E-state index in [1.54, 1.807) is 0 Å². The first kappa shape index (κ1) is 16.8. The highest BCUT2D eigenvalue weighted by atomic mass is 16.3. The van der Waals surface area contributed by atoms with Gasteiger partial charge in [0.05, 0.1) is 6.54 Å². The maximum Gasteiger partial charge on any atom is 0.176 e. The third-order valence-corrected chi connectivity index (χ3v) is 4.88. The summed E-state index contributed by atoms with van der Waals surface area (Å²) in [5.74, 6) is 6.41. The molecule has 1 fully saturated rings. The van der Waals surface area contributed by atoms with Gasteiger partial charge in [0, 0.05) is 17.2 Å².